The number of ether oxygens (including phenoxy) is 3. The molecule has 35 heavy (non-hydrogen) atoms. The molecule has 1 fully saturated rings. The van der Waals surface area contributed by atoms with Crippen LogP contribution in [0, 0.1) is 16.7 Å². The number of likely N-dealkylation sites (tertiary alicyclic amines) is 1. The van der Waals surface area contributed by atoms with Crippen LogP contribution < -0.4 is 26.3 Å². The molecule has 2 heterocycles. The summed E-state index contributed by atoms with van der Waals surface area (Å²) in [4.78, 5) is 25.7. The van der Waals surface area contributed by atoms with E-state index in [0.717, 1.165) is 24.9 Å². The fourth-order valence-electron chi connectivity index (χ4n) is 5.88. The summed E-state index contributed by atoms with van der Waals surface area (Å²) in [6.45, 7) is 3.77. The largest absolute Gasteiger partial charge is 0.481 e. The van der Waals surface area contributed by atoms with Gasteiger partial charge in [0.1, 0.15) is 6.10 Å². The van der Waals surface area contributed by atoms with Gasteiger partial charge in [0.05, 0.1) is 0 Å². The SMILES string of the molecule is CC(=O)Oc1ccc2c3c1O[C@H]1[C@@H](OC(C)=O)C=C[C@H]4[C@@H](C2)N(C)CC[C@@]341.N=C(N)NC(=N)N.P. The van der Waals surface area contributed by atoms with Crippen molar-refractivity contribution in [3.05, 3.63) is 35.4 Å². The third-order valence-electron chi connectivity index (χ3n) is 6.94. The number of nitrogens with one attached hydrogen (secondary N) is 3. The summed E-state index contributed by atoms with van der Waals surface area (Å²) in [6.07, 6.45) is 5.31. The second kappa shape index (κ2) is 9.83. The van der Waals surface area contributed by atoms with Crippen molar-refractivity contribution in [2.75, 3.05) is 13.6 Å². The van der Waals surface area contributed by atoms with Gasteiger partial charge in [-0.25, -0.2) is 0 Å². The molecule has 2 aliphatic carbocycles. The monoisotopic (exact) mass is 504 g/mol. The molecule has 0 radical (unpaired) electrons. The highest BCUT2D eigenvalue weighted by Crippen LogP contribution is 2.62. The molecule has 1 unspecified atom stereocenters. The van der Waals surface area contributed by atoms with E-state index in [4.69, 9.17) is 36.5 Å². The lowest BCUT2D eigenvalue weighted by molar-refractivity contribution is -0.152. The number of esters is 2. The molecule has 190 valence electrons. The normalized spacial score (nSPS) is 28.7. The number of carbonyl (C=O) groups excluding carboxylic acids is 2. The van der Waals surface area contributed by atoms with Crippen LogP contribution in [-0.2, 0) is 26.2 Å². The van der Waals surface area contributed by atoms with E-state index in [0.29, 0.717) is 17.5 Å². The number of piperidine rings is 1. The summed E-state index contributed by atoms with van der Waals surface area (Å²) < 4.78 is 17.5. The first kappa shape index (κ1) is 26.4. The Balaban J connectivity index is 0.000000378. The maximum Gasteiger partial charge on any atom is 0.308 e. The van der Waals surface area contributed by atoms with Gasteiger partial charge in [-0.3, -0.25) is 25.7 Å². The first-order chi connectivity index (χ1) is 16.0. The van der Waals surface area contributed by atoms with Crippen molar-refractivity contribution in [3.8, 4) is 11.5 Å². The van der Waals surface area contributed by atoms with Crippen molar-refractivity contribution in [1.29, 1.82) is 10.8 Å². The summed E-state index contributed by atoms with van der Waals surface area (Å²) in [5.74, 6) is 0.0869. The molecule has 1 aromatic rings. The van der Waals surface area contributed by atoms with Gasteiger partial charge >= 0.3 is 11.9 Å². The van der Waals surface area contributed by atoms with E-state index >= 15 is 0 Å². The van der Waals surface area contributed by atoms with Crippen LogP contribution in [-0.4, -0.2) is 60.6 Å². The second-order valence-corrected chi connectivity index (χ2v) is 9.04. The molecule has 1 spiro atoms. The Kier molecular flexibility index (Phi) is 7.42. The molecule has 0 aromatic heterocycles. The van der Waals surface area contributed by atoms with E-state index in [9.17, 15) is 9.59 Å². The van der Waals surface area contributed by atoms with Crippen LogP contribution in [0.5, 0.6) is 11.5 Å². The summed E-state index contributed by atoms with van der Waals surface area (Å²) in [7, 11) is 2.17. The highest BCUT2D eigenvalue weighted by atomic mass is 31.0. The van der Waals surface area contributed by atoms with Gasteiger partial charge in [0.25, 0.3) is 0 Å². The van der Waals surface area contributed by atoms with Crippen LogP contribution in [0.25, 0.3) is 0 Å². The van der Waals surface area contributed by atoms with Crippen molar-refractivity contribution < 1.29 is 23.8 Å². The van der Waals surface area contributed by atoms with Crippen LogP contribution in [0.3, 0.4) is 0 Å². The van der Waals surface area contributed by atoms with Gasteiger partial charge in [0, 0.05) is 36.8 Å². The second-order valence-electron chi connectivity index (χ2n) is 9.04. The van der Waals surface area contributed by atoms with E-state index in [1.807, 2.05) is 17.5 Å². The molecule has 4 aliphatic rings. The number of guanidine groups is 2. The fourth-order valence-corrected chi connectivity index (χ4v) is 5.88. The Morgan fingerprint density at radius 3 is 2.43 bits per heavy atom. The van der Waals surface area contributed by atoms with Crippen LogP contribution in [0.1, 0.15) is 31.4 Å². The smallest absolute Gasteiger partial charge is 0.308 e. The first-order valence-corrected chi connectivity index (χ1v) is 11.1. The Morgan fingerprint density at radius 2 is 1.86 bits per heavy atom. The molecule has 6 atom stereocenters. The van der Waals surface area contributed by atoms with Gasteiger partial charge in [0.2, 0.25) is 0 Å². The zero-order chi connectivity index (χ0) is 24.8. The molecule has 2 bridgehead atoms. The molecule has 5 rings (SSSR count). The number of rotatable bonds is 2. The lowest BCUT2D eigenvalue weighted by Crippen LogP contribution is -2.65. The molecule has 2 aliphatic heterocycles. The average Bonchev–Trinajstić information content (AvgIpc) is 3.07. The maximum absolute atomic E-state index is 11.7. The lowest BCUT2D eigenvalue weighted by atomic mass is 9.53. The quantitative estimate of drug-likeness (QED) is 0.0953. The van der Waals surface area contributed by atoms with E-state index < -0.39 is 6.10 Å². The predicted molar refractivity (Wildman–Crippen MR) is 135 cm³/mol. The predicted octanol–water partition coefficient (Wildman–Crippen LogP) is 0.410. The maximum atomic E-state index is 11.7. The topological polar surface area (TPSA) is 177 Å². The van der Waals surface area contributed by atoms with Crippen molar-refractivity contribution in [1.82, 2.24) is 10.2 Å². The Labute approximate surface area is 207 Å². The molecule has 0 saturated carbocycles. The van der Waals surface area contributed by atoms with E-state index in [1.165, 1.54) is 19.4 Å². The fraction of sp³-hybridized carbons (Fsp3) is 0.478. The Morgan fingerprint density at radius 1 is 1.17 bits per heavy atom. The molecular formula is C23H33N6O5P. The molecule has 1 saturated heterocycles. The molecule has 1 aromatic carbocycles. The minimum Gasteiger partial charge on any atom is -0.481 e. The van der Waals surface area contributed by atoms with Crippen molar-refractivity contribution in [2.45, 2.75) is 50.4 Å². The van der Waals surface area contributed by atoms with E-state index in [-0.39, 0.29) is 51.2 Å². The van der Waals surface area contributed by atoms with Crippen molar-refractivity contribution in [2.24, 2.45) is 17.4 Å². The number of nitrogens with zero attached hydrogens (tertiary/aromatic N) is 1. The number of hydrogen-bond donors (Lipinski definition) is 5. The van der Waals surface area contributed by atoms with Gasteiger partial charge in [0.15, 0.2) is 29.5 Å². The first-order valence-electron chi connectivity index (χ1n) is 11.1. The summed E-state index contributed by atoms with van der Waals surface area (Å²) >= 11 is 0. The van der Waals surface area contributed by atoms with E-state index in [1.54, 1.807) is 0 Å². The number of hydrogen-bond acceptors (Lipinski definition) is 8. The highest BCUT2D eigenvalue weighted by Gasteiger charge is 2.65. The molecule has 11 nitrogen and oxygen atoms in total. The highest BCUT2D eigenvalue weighted by molar-refractivity contribution is 6.92. The Bertz CT molecular complexity index is 1080. The van der Waals surface area contributed by atoms with Gasteiger partial charge < -0.3 is 30.6 Å². The Hall–Kier alpha value is -3.17. The summed E-state index contributed by atoms with van der Waals surface area (Å²) in [5.41, 5.74) is 11.6. The average molecular weight is 505 g/mol. The summed E-state index contributed by atoms with van der Waals surface area (Å²) in [5, 5.41) is 15.0. The third kappa shape index (κ3) is 4.58. The van der Waals surface area contributed by atoms with E-state index in [2.05, 4.69) is 24.1 Å². The van der Waals surface area contributed by atoms with Crippen molar-refractivity contribution in [3.63, 3.8) is 0 Å². The van der Waals surface area contributed by atoms with Gasteiger partial charge in [-0.05, 0) is 44.1 Å². The standard InChI is InChI=1S/C21H23NO5.C2H7N5.H3P/c1-11(23)25-16-6-4-13-10-15-14-5-7-17(26-12(2)24)20-21(14,8-9-22(15)3)18(13)19(16)27-20;3-1(4)7-2(5)6;/h4-7,14-15,17,20H,8-10H2,1-3H3;(H7,3,4,5,6,7);1H3/t14-,15+,17-,20-,21-;;/m0../s1. The lowest BCUT2D eigenvalue weighted by Gasteiger charge is -2.56. The summed E-state index contributed by atoms with van der Waals surface area (Å²) in [6, 6.07) is 4.28. The zero-order valence-electron chi connectivity index (χ0n) is 20.1. The van der Waals surface area contributed by atoms with Crippen LogP contribution >= 0.6 is 9.90 Å². The van der Waals surface area contributed by atoms with Crippen molar-refractivity contribution >= 4 is 33.8 Å². The third-order valence-corrected chi connectivity index (χ3v) is 6.94. The number of nitrogens with two attached hydrogens (primary N) is 2. The zero-order valence-corrected chi connectivity index (χ0v) is 21.5. The van der Waals surface area contributed by atoms with Crippen LogP contribution in [0.4, 0.5) is 0 Å². The molecular weight excluding hydrogens is 471 g/mol. The minimum absolute atomic E-state index is 0. The van der Waals surface area contributed by atoms with Crippen LogP contribution in [0.15, 0.2) is 24.3 Å². The molecule has 12 heteroatoms. The number of benzene rings is 1. The molecule has 7 N–H and O–H groups in total. The van der Waals surface area contributed by atoms with Gasteiger partial charge in [-0.15, -0.1) is 0 Å². The van der Waals surface area contributed by atoms with Gasteiger partial charge in [-0.1, -0.05) is 12.1 Å². The number of carbonyl (C=O) groups is 2. The minimum atomic E-state index is -0.439. The van der Waals surface area contributed by atoms with Crippen LogP contribution in [0.2, 0.25) is 0 Å². The molecule has 0 amide bonds. The van der Waals surface area contributed by atoms with Gasteiger partial charge in [-0.2, -0.15) is 9.90 Å². The number of likely N-dealkylation sites (N-methyl/N-ethyl adjacent to an activating group) is 1.